The van der Waals surface area contributed by atoms with Crippen LogP contribution in [0.1, 0.15) is 45.1 Å². The minimum atomic E-state index is -1.16. The number of nitrogens with zero attached hydrogens (tertiary/aromatic N) is 3. The molecule has 0 saturated carbocycles. The van der Waals surface area contributed by atoms with Crippen molar-refractivity contribution in [1.82, 2.24) is 14.3 Å². The van der Waals surface area contributed by atoms with Crippen molar-refractivity contribution in [2.75, 3.05) is 6.54 Å². The van der Waals surface area contributed by atoms with E-state index >= 15 is 0 Å². The van der Waals surface area contributed by atoms with E-state index in [0.29, 0.717) is 18.7 Å². The predicted octanol–water partition coefficient (Wildman–Crippen LogP) is 1.69. The number of rotatable bonds is 2. The highest BCUT2D eigenvalue weighted by Gasteiger charge is 2.40. The van der Waals surface area contributed by atoms with Crippen molar-refractivity contribution >= 4 is 28.9 Å². The first-order valence-electron chi connectivity index (χ1n) is 7.97. The molecule has 0 aromatic carbocycles. The van der Waals surface area contributed by atoms with Gasteiger partial charge < -0.3 is 14.8 Å². The van der Waals surface area contributed by atoms with Crippen LogP contribution in [0.25, 0.3) is 5.65 Å². The Kier molecular flexibility index (Phi) is 3.43. The number of pyridine rings is 1. The van der Waals surface area contributed by atoms with Crippen LogP contribution in [0.5, 0.6) is 0 Å². The van der Waals surface area contributed by atoms with E-state index < -0.39 is 11.5 Å². The van der Waals surface area contributed by atoms with Crippen molar-refractivity contribution in [3.8, 4) is 0 Å². The molecule has 4 heterocycles. The number of thiophene rings is 1. The van der Waals surface area contributed by atoms with Gasteiger partial charge in [0.05, 0.1) is 17.7 Å². The molecule has 0 atom stereocenters. The number of carboxylic acids is 1. The number of amides is 1. The Labute approximate surface area is 148 Å². The SMILES string of the molecule is CC1(C)c2scc(C(=O)[O-])c2CCN1C(=O)c1cnc2ccccn12. The Balaban J connectivity index is 1.76. The fraction of sp³-hybridized carbons (Fsp3) is 0.278. The maximum absolute atomic E-state index is 13.2. The molecule has 0 bridgehead atoms. The summed E-state index contributed by atoms with van der Waals surface area (Å²) in [6.07, 6.45) is 3.91. The standard InChI is InChI=1S/C18H17N3O3S/c1-18(2)15-11(12(10-25-15)17(23)24)6-8-21(18)16(22)13-9-19-14-5-3-4-7-20(13)14/h3-5,7,9-10H,6,8H2,1-2H3,(H,23,24)/p-1. The van der Waals surface area contributed by atoms with Crippen LogP contribution in [-0.2, 0) is 12.0 Å². The van der Waals surface area contributed by atoms with Crippen molar-refractivity contribution in [3.05, 3.63) is 57.7 Å². The number of carbonyl (C=O) groups is 2. The molecule has 0 radical (unpaired) electrons. The highest BCUT2D eigenvalue weighted by atomic mass is 32.1. The highest BCUT2D eigenvalue weighted by molar-refractivity contribution is 7.10. The summed E-state index contributed by atoms with van der Waals surface area (Å²) in [5.74, 6) is -1.27. The van der Waals surface area contributed by atoms with Crippen molar-refractivity contribution < 1.29 is 14.7 Å². The van der Waals surface area contributed by atoms with Gasteiger partial charge in [0.2, 0.25) is 0 Å². The Morgan fingerprint density at radius 3 is 2.88 bits per heavy atom. The Morgan fingerprint density at radius 1 is 1.32 bits per heavy atom. The van der Waals surface area contributed by atoms with Crippen molar-refractivity contribution in [2.24, 2.45) is 0 Å². The summed E-state index contributed by atoms with van der Waals surface area (Å²) in [5.41, 5.74) is 1.66. The third-order valence-electron chi connectivity index (χ3n) is 4.81. The van der Waals surface area contributed by atoms with Gasteiger partial charge in [0, 0.05) is 28.6 Å². The summed E-state index contributed by atoms with van der Waals surface area (Å²) in [6.45, 7) is 4.35. The van der Waals surface area contributed by atoms with E-state index in [4.69, 9.17) is 0 Å². The second-order valence-electron chi connectivity index (χ2n) is 6.58. The smallest absolute Gasteiger partial charge is 0.273 e. The van der Waals surface area contributed by atoms with Gasteiger partial charge in [-0.15, -0.1) is 11.3 Å². The number of aromatic carboxylic acids is 1. The van der Waals surface area contributed by atoms with Crippen LogP contribution in [-0.4, -0.2) is 32.7 Å². The number of carbonyl (C=O) groups excluding carboxylic acids is 2. The van der Waals surface area contributed by atoms with Crippen LogP contribution >= 0.6 is 11.3 Å². The van der Waals surface area contributed by atoms with Crippen molar-refractivity contribution in [2.45, 2.75) is 25.8 Å². The van der Waals surface area contributed by atoms with Gasteiger partial charge in [-0.25, -0.2) is 4.98 Å². The molecule has 0 fully saturated rings. The molecule has 7 heteroatoms. The number of fused-ring (bicyclic) bond motifs is 2. The summed E-state index contributed by atoms with van der Waals surface area (Å²) < 4.78 is 1.77. The van der Waals surface area contributed by atoms with Gasteiger partial charge in [-0.05, 0) is 38.0 Å². The molecule has 1 amide bonds. The number of aromatic nitrogens is 2. The van der Waals surface area contributed by atoms with Crippen LogP contribution < -0.4 is 5.11 Å². The summed E-state index contributed by atoms with van der Waals surface area (Å²) in [7, 11) is 0. The summed E-state index contributed by atoms with van der Waals surface area (Å²) in [6, 6.07) is 5.58. The van der Waals surface area contributed by atoms with Gasteiger partial charge in [-0.2, -0.15) is 0 Å². The third kappa shape index (κ3) is 2.26. The molecule has 4 rings (SSSR count). The second kappa shape index (κ2) is 5.42. The zero-order valence-electron chi connectivity index (χ0n) is 13.9. The van der Waals surface area contributed by atoms with Crippen LogP contribution in [0.2, 0.25) is 0 Å². The van der Waals surface area contributed by atoms with Gasteiger partial charge in [0.1, 0.15) is 11.3 Å². The molecule has 1 aliphatic rings. The number of hydrogen-bond donors (Lipinski definition) is 0. The first kappa shape index (κ1) is 15.8. The molecule has 128 valence electrons. The lowest BCUT2D eigenvalue weighted by Crippen LogP contribution is -2.50. The average Bonchev–Trinajstić information content (AvgIpc) is 3.19. The maximum Gasteiger partial charge on any atom is 0.273 e. The zero-order valence-corrected chi connectivity index (χ0v) is 14.7. The van der Waals surface area contributed by atoms with Gasteiger partial charge in [0.15, 0.2) is 0 Å². The molecular formula is C18H16N3O3S-. The van der Waals surface area contributed by atoms with Gasteiger partial charge in [0.25, 0.3) is 5.91 Å². The average molecular weight is 354 g/mol. The minimum absolute atomic E-state index is 0.113. The van der Waals surface area contributed by atoms with Crippen molar-refractivity contribution in [3.63, 3.8) is 0 Å². The van der Waals surface area contributed by atoms with E-state index in [9.17, 15) is 14.7 Å². The molecule has 0 N–H and O–H groups in total. The van der Waals surface area contributed by atoms with Crippen molar-refractivity contribution in [1.29, 1.82) is 0 Å². The van der Waals surface area contributed by atoms with E-state index in [1.807, 2.05) is 38.2 Å². The van der Waals surface area contributed by atoms with Crippen LogP contribution in [0, 0.1) is 0 Å². The number of carboxylic acid groups (broad SMARTS) is 1. The molecule has 3 aromatic heterocycles. The second-order valence-corrected chi connectivity index (χ2v) is 7.46. The van der Waals surface area contributed by atoms with Gasteiger partial charge in [-0.1, -0.05) is 6.07 Å². The van der Waals surface area contributed by atoms with E-state index in [2.05, 4.69) is 4.98 Å². The Morgan fingerprint density at radius 2 is 2.12 bits per heavy atom. The number of hydrogen-bond acceptors (Lipinski definition) is 5. The molecule has 0 unspecified atom stereocenters. The van der Waals surface area contributed by atoms with E-state index in [1.165, 1.54) is 11.3 Å². The van der Waals surface area contributed by atoms with E-state index in [0.717, 1.165) is 16.1 Å². The quantitative estimate of drug-likeness (QED) is 0.702. The first-order valence-corrected chi connectivity index (χ1v) is 8.85. The van der Waals surface area contributed by atoms with Crippen LogP contribution in [0.3, 0.4) is 0 Å². The largest absolute Gasteiger partial charge is 0.545 e. The fourth-order valence-electron chi connectivity index (χ4n) is 3.53. The number of imidazole rings is 1. The maximum atomic E-state index is 13.2. The first-order chi connectivity index (χ1) is 11.9. The third-order valence-corrected chi connectivity index (χ3v) is 6.15. The Hall–Kier alpha value is -2.67. The van der Waals surface area contributed by atoms with E-state index in [-0.39, 0.29) is 11.5 Å². The van der Waals surface area contributed by atoms with E-state index in [1.54, 1.807) is 20.9 Å². The lowest BCUT2D eigenvalue weighted by atomic mass is 9.88. The molecule has 0 saturated heterocycles. The molecular weight excluding hydrogens is 338 g/mol. The molecule has 0 aliphatic carbocycles. The molecule has 1 aliphatic heterocycles. The Bertz CT molecular complexity index is 1000. The van der Waals surface area contributed by atoms with Gasteiger partial charge in [-0.3, -0.25) is 9.20 Å². The lowest BCUT2D eigenvalue weighted by Gasteiger charge is -2.42. The predicted molar refractivity (Wildman–Crippen MR) is 91.6 cm³/mol. The molecule has 3 aromatic rings. The zero-order chi connectivity index (χ0) is 17.8. The lowest BCUT2D eigenvalue weighted by molar-refractivity contribution is -0.255. The van der Waals surface area contributed by atoms with Crippen LogP contribution in [0.15, 0.2) is 36.0 Å². The molecule has 0 spiro atoms. The van der Waals surface area contributed by atoms with Gasteiger partial charge >= 0.3 is 0 Å². The topological polar surface area (TPSA) is 77.7 Å². The summed E-state index contributed by atoms with van der Waals surface area (Å²) in [5, 5.41) is 12.9. The molecule has 25 heavy (non-hydrogen) atoms. The highest BCUT2D eigenvalue weighted by Crippen LogP contribution is 2.41. The summed E-state index contributed by atoms with van der Waals surface area (Å²) >= 11 is 1.37. The fourth-order valence-corrected chi connectivity index (χ4v) is 4.75. The normalized spacial score (nSPS) is 16.0. The monoisotopic (exact) mass is 354 g/mol. The summed E-state index contributed by atoms with van der Waals surface area (Å²) in [4.78, 5) is 31.5. The minimum Gasteiger partial charge on any atom is -0.545 e. The van der Waals surface area contributed by atoms with Crippen LogP contribution in [0.4, 0.5) is 0 Å². The molecule has 6 nitrogen and oxygen atoms in total.